The molecule has 6 fully saturated rings. The first-order valence-corrected chi connectivity index (χ1v) is 8.92. The van der Waals surface area contributed by atoms with Gasteiger partial charge in [-0.3, -0.25) is 4.79 Å². The zero-order valence-electron chi connectivity index (χ0n) is 13.4. The molecular weight excluding hydrogens is 260 g/mol. The Morgan fingerprint density at radius 2 is 1.62 bits per heavy atom. The number of carbonyl (C=O) groups excluding carboxylic acids is 1. The van der Waals surface area contributed by atoms with Crippen LogP contribution in [0.2, 0.25) is 0 Å². The number of rotatable bonds is 2. The van der Waals surface area contributed by atoms with Gasteiger partial charge >= 0.3 is 0 Å². The Morgan fingerprint density at radius 3 is 2.19 bits per heavy atom. The van der Waals surface area contributed by atoms with Gasteiger partial charge < -0.3 is 10.6 Å². The summed E-state index contributed by atoms with van der Waals surface area (Å²) in [5.74, 6) is 2.69. The molecule has 1 aliphatic heterocycles. The molecule has 1 saturated heterocycles. The van der Waals surface area contributed by atoms with Crippen molar-refractivity contribution in [1.29, 1.82) is 0 Å². The Labute approximate surface area is 127 Å². The third kappa shape index (κ3) is 1.73. The molecule has 0 aromatic carbocycles. The molecule has 6 rings (SSSR count). The lowest BCUT2D eigenvalue weighted by atomic mass is 9.40. The standard InChI is InChI=1S/C18H28N2O/c1-16-3-11-4-17(2,8-16)10-18(5-11,9-16)15(21)20-14-12-6-19-7-13(12)14/h11-14,19H,3-10H2,1-2H3,(H,20,21). The molecule has 0 aromatic rings. The van der Waals surface area contributed by atoms with E-state index in [0.717, 1.165) is 43.7 Å². The largest absolute Gasteiger partial charge is 0.352 e. The van der Waals surface area contributed by atoms with Gasteiger partial charge in [0.05, 0.1) is 5.41 Å². The van der Waals surface area contributed by atoms with Gasteiger partial charge in [0, 0.05) is 19.1 Å². The molecule has 5 aliphatic carbocycles. The predicted octanol–water partition coefficient (Wildman–Crippen LogP) is 2.32. The lowest BCUT2D eigenvalue weighted by molar-refractivity contribution is -0.170. The maximum Gasteiger partial charge on any atom is 0.226 e. The van der Waals surface area contributed by atoms with Crippen LogP contribution in [0.1, 0.15) is 52.4 Å². The van der Waals surface area contributed by atoms with E-state index in [4.69, 9.17) is 0 Å². The second-order valence-corrected chi connectivity index (χ2v) is 9.90. The zero-order chi connectivity index (χ0) is 14.5. The second kappa shape index (κ2) is 3.67. The quantitative estimate of drug-likeness (QED) is 0.819. The van der Waals surface area contributed by atoms with Crippen LogP contribution in [0, 0.1) is 34.0 Å². The van der Waals surface area contributed by atoms with Crippen molar-refractivity contribution < 1.29 is 4.79 Å². The fourth-order valence-corrected chi connectivity index (χ4v) is 7.64. The number of fused-ring (bicyclic) bond motifs is 1. The van der Waals surface area contributed by atoms with Crippen LogP contribution in [0.3, 0.4) is 0 Å². The van der Waals surface area contributed by atoms with Gasteiger partial charge in [-0.25, -0.2) is 0 Å². The summed E-state index contributed by atoms with van der Waals surface area (Å²) < 4.78 is 0. The van der Waals surface area contributed by atoms with Gasteiger partial charge in [0.25, 0.3) is 0 Å². The van der Waals surface area contributed by atoms with E-state index in [1.165, 1.54) is 25.7 Å². The van der Waals surface area contributed by atoms with Gasteiger partial charge in [-0.15, -0.1) is 0 Å². The van der Waals surface area contributed by atoms with E-state index in [1.807, 2.05) is 0 Å². The summed E-state index contributed by atoms with van der Waals surface area (Å²) in [7, 11) is 0. The van der Waals surface area contributed by atoms with Crippen LogP contribution >= 0.6 is 0 Å². The summed E-state index contributed by atoms with van der Waals surface area (Å²) in [6.45, 7) is 7.13. The Balaban J connectivity index is 1.39. The van der Waals surface area contributed by atoms with Crippen LogP contribution in [0.5, 0.6) is 0 Å². The van der Waals surface area contributed by atoms with E-state index < -0.39 is 0 Å². The summed E-state index contributed by atoms with van der Waals surface area (Å²) in [6, 6.07) is 0.493. The number of nitrogens with one attached hydrogen (secondary N) is 2. The van der Waals surface area contributed by atoms with Gasteiger partial charge in [0.2, 0.25) is 5.91 Å². The highest BCUT2D eigenvalue weighted by molar-refractivity contribution is 5.84. The molecule has 116 valence electrons. The van der Waals surface area contributed by atoms with Gasteiger partial charge in [-0.1, -0.05) is 13.8 Å². The monoisotopic (exact) mass is 288 g/mol. The normalized spacial score (nSPS) is 59.9. The van der Waals surface area contributed by atoms with Crippen molar-refractivity contribution in [3.63, 3.8) is 0 Å². The molecule has 4 unspecified atom stereocenters. The first kappa shape index (κ1) is 12.9. The van der Waals surface area contributed by atoms with Crippen molar-refractivity contribution in [2.75, 3.05) is 13.1 Å². The molecule has 0 aromatic heterocycles. The second-order valence-electron chi connectivity index (χ2n) is 9.90. The van der Waals surface area contributed by atoms with Crippen LogP contribution in [0.15, 0.2) is 0 Å². The molecule has 4 atom stereocenters. The number of piperidine rings is 1. The molecule has 3 nitrogen and oxygen atoms in total. The molecule has 1 heterocycles. The summed E-state index contributed by atoms with van der Waals surface area (Å²) in [5, 5.41) is 6.89. The zero-order valence-corrected chi connectivity index (χ0v) is 13.4. The van der Waals surface area contributed by atoms with E-state index in [0.29, 0.717) is 22.8 Å². The number of hydrogen-bond acceptors (Lipinski definition) is 2. The van der Waals surface area contributed by atoms with Crippen LogP contribution in [-0.4, -0.2) is 25.0 Å². The predicted molar refractivity (Wildman–Crippen MR) is 81.6 cm³/mol. The fourth-order valence-electron chi connectivity index (χ4n) is 7.64. The molecule has 0 spiro atoms. The summed E-state index contributed by atoms with van der Waals surface area (Å²) in [5.41, 5.74) is 0.853. The molecule has 1 amide bonds. The molecule has 6 aliphatic rings. The van der Waals surface area contributed by atoms with E-state index in [1.54, 1.807) is 0 Å². The number of hydrogen-bond donors (Lipinski definition) is 2. The molecule has 3 heteroatoms. The lowest BCUT2D eigenvalue weighted by Crippen LogP contribution is -2.60. The Kier molecular flexibility index (Phi) is 2.26. The minimum atomic E-state index is -0.0206. The smallest absolute Gasteiger partial charge is 0.226 e. The SMILES string of the molecule is CC12CC3CC(C)(C1)CC(C(=O)NC1C4CNCC41)(C3)C2. The van der Waals surface area contributed by atoms with Crippen molar-refractivity contribution >= 4 is 5.91 Å². The minimum absolute atomic E-state index is 0.0206. The van der Waals surface area contributed by atoms with Crippen molar-refractivity contribution in [1.82, 2.24) is 10.6 Å². The molecule has 0 radical (unpaired) electrons. The highest BCUT2D eigenvalue weighted by Crippen LogP contribution is 2.69. The fraction of sp³-hybridized carbons (Fsp3) is 0.944. The Bertz CT molecular complexity index is 487. The van der Waals surface area contributed by atoms with Crippen LogP contribution in [-0.2, 0) is 4.79 Å². The Hall–Kier alpha value is -0.570. The summed E-state index contributed by atoms with van der Waals surface area (Å²) in [4.78, 5) is 13.1. The number of amides is 1. The van der Waals surface area contributed by atoms with Gasteiger partial charge in [0.15, 0.2) is 0 Å². The van der Waals surface area contributed by atoms with Crippen molar-refractivity contribution in [2.24, 2.45) is 34.0 Å². The van der Waals surface area contributed by atoms with E-state index in [2.05, 4.69) is 24.5 Å². The Morgan fingerprint density at radius 1 is 1.00 bits per heavy atom. The maximum atomic E-state index is 13.1. The third-order valence-electron chi connectivity index (χ3n) is 7.50. The molecule has 4 bridgehead atoms. The van der Waals surface area contributed by atoms with Crippen LogP contribution < -0.4 is 10.6 Å². The first-order valence-electron chi connectivity index (χ1n) is 8.92. The average molecular weight is 288 g/mol. The van der Waals surface area contributed by atoms with Gasteiger partial charge in [-0.05, 0) is 67.1 Å². The van der Waals surface area contributed by atoms with E-state index in [9.17, 15) is 4.79 Å². The van der Waals surface area contributed by atoms with E-state index >= 15 is 0 Å². The van der Waals surface area contributed by atoms with Crippen LogP contribution in [0.25, 0.3) is 0 Å². The maximum absolute atomic E-state index is 13.1. The van der Waals surface area contributed by atoms with E-state index in [-0.39, 0.29) is 5.41 Å². The minimum Gasteiger partial charge on any atom is -0.352 e. The highest BCUT2D eigenvalue weighted by Gasteiger charge is 2.64. The van der Waals surface area contributed by atoms with Crippen LogP contribution in [0.4, 0.5) is 0 Å². The molecule has 2 N–H and O–H groups in total. The molecule has 21 heavy (non-hydrogen) atoms. The lowest BCUT2D eigenvalue weighted by Gasteiger charge is -2.64. The topological polar surface area (TPSA) is 41.1 Å². The first-order chi connectivity index (χ1) is 9.91. The molecule has 5 saturated carbocycles. The number of carbonyl (C=O) groups is 1. The van der Waals surface area contributed by atoms with Crippen molar-refractivity contribution in [3.05, 3.63) is 0 Å². The summed E-state index contributed by atoms with van der Waals surface area (Å²) in [6.07, 6.45) is 7.57. The third-order valence-corrected chi connectivity index (χ3v) is 7.50. The van der Waals surface area contributed by atoms with Crippen molar-refractivity contribution in [3.8, 4) is 0 Å². The van der Waals surface area contributed by atoms with Crippen molar-refractivity contribution in [2.45, 2.75) is 58.4 Å². The average Bonchev–Trinajstić information content (AvgIpc) is 2.79. The molecular formula is C18H28N2O. The van der Waals surface area contributed by atoms with Gasteiger partial charge in [-0.2, -0.15) is 0 Å². The highest BCUT2D eigenvalue weighted by atomic mass is 16.2. The van der Waals surface area contributed by atoms with Gasteiger partial charge in [0.1, 0.15) is 0 Å². The summed E-state index contributed by atoms with van der Waals surface area (Å²) >= 11 is 0.